The largest absolute Gasteiger partial charge is 0.469 e. The van der Waals surface area contributed by atoms with Crippen molar-refractivity contribution in [3.8, 4) is 0 Å². The summed E-state index contributed by atoms with van der Waals surface area (Å²) in [5.41, 5.74) is 5.58. The van der Waals surface area contributed by atoms with E-state index in [-0.39, 0.29) is 36.3 Å². The SMILES string of the molecule is COC(=O)C(C)CNC(=O)C(C)C(C)N. The number of hydrogen-bond acceptors (Lipinski definition) is 4. The third kappa shape index (κ3) is 4.78. The van der Waals surface area contributed by atoms with Crippen LogP contribution in [0.15, 0.2) is 0 Å². The summed E-state index contributed by atoms with van der Waals surface area (Å²) in [4.78, 5) is 22.5. The molecule has 0 aliphatic carbocycles. The van der Waals surface area contributed by atoms with Crippen molar-refractivity contribution >= 4 is 11.9 Å². The van der Waals surface area contributed by atoms with E-state index in [1.807, 2.05) is 0 Å². The molecular weight excluding hydrogens is 196 g/mol. The molecule has 0 aromatic heterocycles. The van der Waals surface area contributed by atoms with Gasteiger partial charge in [0.1, 0.15) is 0 Å². The number of ether oxygens (including phenoxy) is 1. The van der Waals surface area contributed by atoms with E-state index in [0.717, 1.165) is 0 Å². The van der Waals surface area contributed by atoms with E-state index in [4.69, 9.17) is 5.73 Å². The molecule has 0 saturated carbocycles. The van der Waals surface area contributed by atoms with Crippen LogP contribution in [0.4, 0.5) is 0 Å². The predicted octanol–water partition coefficient (Wildman–Crippen LogP) is -0.105. The summed E-state index contributed by atoms with van der Waals surface area (Å²) < 4.78 is 4.54. The third-order valence-corrected chi connectivity index (χ3v) is 2.39. The van der Waals surface area contributed by atoms with E-state index >= 15 is 0 Å². The van der Waals surface area contributed by atoms with Gasteiger partial charge in [-0.15, -0.1) is 0 Å². The fraction of sp³-hybridized carbons (Fsp3) is 0.800. The Morgan fingerprint density at radius 3 is 2.27 bits per heavy atom. The van der Waals surface area contributed by atoms with Crippen LogP contribution >= 0.6 is 0 Å². The van der Waals surface area contributed by atoms with Gasteiger partial charge in [0.05, 0.1) is 13.0 Å². The number of rotatable bonds is 5. The average Bonchev–Trinajstić information content (AvgIpc) is 2.22. The van der Waals surface area contributed by atoms with Crippen LogP contribution in [0, 0.1) is 11.8 Å². The molecule has 0 aliphatic rings. The zero-order valence-electron chi connectivity index (χ0n) is 9.74. The fourth-order valence-corrected chi connectivity index (χ4v) is 0.938. The van der Waals surface area contributed by atoms with Gasteiger partial charge in [-0.1, -0.05) is 13.8 Å². The van der Waals surface area contributed by atoms with Crippen molar-refractivity contribution in [2.75, 3.05) is 13.7 Å². The molecular formula is C10H20N2O3. The minimum atomic E-state index is -0.334. The number of esters is 1. The summed E-state index contributed by atoms with van der Waals surface area (Å²) in [6, 6.07) is -0.196. The van der Waals surface area contributed by atoms with E-state index in [1.165, 1.54) is 7.11 Å². The van der Waals surface area contributed by atoms with Gasteiger partial charge in [-0.2, -0.15) is 0 Å². The van der Waals surface area contributed by atoms with Crippen LogP contribution in [0.2, 0.25) is 0 Å². The van der Waals surface area contributed by atoms with Gasteiger partial charge in [0.25, 0.3) is 0 Å². The summed E-state index contributed by atoms with van der Waals surface area (Å²) >= 11 is 0. The lowest BCUT2D eigenvalue weighted by molar-refractivity contribution is -0.144. The second kappa shape index (κ2) is 6.40. The molecule has 88 valence electrons. The Kier molecular flexibility index (Phi) is 5.93. The van der Waals surface area contributed by atoms with Crippen LogP contribution in [0.5, 0.6) is 0 Å². The van der Waals surface area contributed by atoms with Crippen molar-refractivity contribution in [2.45, 2.75) is 26.8 Å². The maximum absolute atomic E-state index is 11.5. The number of amides is 1. The maximum Gasteiger partial charge on any atom is 0.310 e. The molecule has 0 rings (SSSR count). The van der Waals surface area contributed by atoms with Crippen LogP contribution in [0.1, 0.15) is 20.8 Å². The highest BCUT2D eigenvalue weighted by Crippen LogP contribution is 2.01. The van der Waals surface area contributed by atoms with Gasteiger partial charge in [-0.05, 0) is 6.92 Å². The number of nitrogens with two attached hydrogens (primary N) is 1. The minimum absolute atomic E-state index is 0.138. The van der Waals surface area contributed by atoms with Crippen LogP contribution < -0.4 is 11.1 Å². The molecule has 0 fully saturated rings. The van der Waals surface area contributed by atoms with Crippen molar-refractivity contribution < 1.29 is 14.3 Å². The van der Waals surface area contributed by atoms with Gasteiger partial charge >= 0.3 is 5.97 Å². The Morgan fingerprint density at radius 2 is 1.87 bits per heavy atom. The summed E-state index contributed by atoms with van der Waals surface area (Å²) in [5.74, 6) is -1.06. The molecule has 0 aromatic carbocycles. The van der Waals surface area contributed by atoms with Crippen molar-refractivity contribution in [1.29, 1.82) is 0 Å². The van der Waals surface area contributed by atoms with Crippen molar-refractivity contribution in [3.63, 3.8) is 0 Å². The molecule has 0 spiro atoms. The molecule has 0 saturated heterocycles. The predicted molar refractivity (Wildman–Crippen MR) is 57.0 cm³/mol. The van der Waals surface area contributed by atoms with Crippen LogP contribution in [-0.2, 0) is 14.3 Å². The quantitative estimate of drug-likeness (QED) is 0.628. The lowest BCUT2D eigenvalue weighted by atomic mass is 10.0. The minimum Gasteiger partial charge on any atom is -0.469 e. The molecule has 0 heterocycles. The molecule has 0 bridgehead atoms. The first kappa shape index (κ1) is 13.9. The van der Waals surface area contributed by atoms with Crippen molar-refractivity contribution in [1.82, 2.24) is 5.32 Å². The number of nitrogens with one attached hydrogen (secondary N) is 1. The van der Waals surface area contributed by atoms with E-state index in [9.17, 15) is 9.59 Å². The fourth-order valence-electron chi connectivity index (χ4n) is 0.938. The van der Waals surface area contributed by atoms with E-state index in [2.05, 4.69) is 10.1 Å². The molecule has 0 aromatic rings. The lowest BCUT2D eigenvalue weighted by Gasteiger charge is -2.16. The van der Waals surface area contributed by atoms with Gasteiger partial charge < -0.3 is 15.8 Å². The Labute approximate surface area is 90.4 Å². The number of hydrogen-bond donors (Lipinski definition) is 2. The van der Waals surface area contributed by atoms with Gasteiger partial charge in [0.15, 0.2) is 0 Å². The standard InChI is InChI=1S/C10H20N2O3/c1-6(10(14)15-4)5-12-9(13)7(2)8(3)11/h6-8H,5,11H2,1-4H3,(H,12,13). The highest BCUT2D eigenvalue weighted by Gasteiger charge is 2.19. The number of carbonyl (C=O) groups is 2. The molecule has 1 amide bonds. The highest BCUT2D eigenvalue weighted by molar-refractivity contribution is 5.80. The lowest BCUT2D eigenvalue weighted by Crippen LogP contribution is -2.41. The Bertz CT molecular complexity index is 229. The van der Waals surface area contributed by atoms with Crippen LogP contribution in [0.25, 0.3) is 0 Å². The molecule has 3 N–H and O–H groups in total. The van der Waals surface area contributed by atoms with Crippen molar-refractivity contribution in [2.24, 2.45) is 17.6 Å². The Balaban J connectivity index is 3.95. The smallest absolute Gasteiger partial charge is 0.310 e. The molecule has 15 heavy (non-hydrogen) atoms. The summed E-state index contributed by atoms with van der Waals surface area (Å²) in [7, 11) is 1.32. The first-order valence-corrected chi connectivity index (χ1v) is 5.01. The molecule has 0 aliphatic heterocycles. The van der Waals surface area contributed by atoms with E-state index in [1.54, 1.807) is 20.8 Å². The van der Waals surface area contributed by atoms with Crippen LogP contribution in [0.3, 0.4) is 0 Å². The monoisotopic (exact) mass is 216 g/mol. The molecule has 5 nitrogen and oxygen atoms in total. The van der Waals surface area contributed by atoms with Gasteiger partial charge in [-0.25, -0.2) is 0 Å². The maximum atomic E-state index is 11.5. The van der Waals surface area contributed by atoms with Gasteiger partial charge in [0.2, 0.25) is 5.91 Å². The van der Waals surface area contributed by atoms with Crippen molar-refractivity contribution in [3.05, 3.63) is 0 Å². The normalized spacial score (nSPS) is 16.3. The molecule has 3 unspecified atom stereocenters. The topological polar surface area (TPSA) is 81.4 Å². The van der Waals surface area contributed by atoms with Crippen LogP contribution in [-0.4, -0.2) is 31.6 Å². The number of methoxy groups -OCH3 is 1. The second-order valence-corrected chi connectivity index (χ2v) is 3.82. The molecule has 5 heteroatoms. The zero-order chi connectivity index (χ0) is 12.0. The first-order valence-electron chi connectivity index (χ1n) is 5.01. The van der Waals surface area contributed by atoms with E-state index in [0.29, 0.717) is 0 Å². The average molecular weight is 216 g/mol. The molecule has 0 radical (unpaired) electrons. The Hall–Kier alpha value is -1.10. The van der Waals surface area contributed by atoms with E-state index < -0.39 is 0 Å². The highest BCUT2D eigenvalue weighted by atomic mass is 16.5. The summed E-state index contributed by atoms with van der Waals surface area (Å²) in [6.45, 7) is 5.50. The zero-order valence-corrected chi connectivity index (χ0v) is 9.74. The van der Waals surface area contributed by atoms with Gasteiger partial charge in [0, 0.05) is 18.5 Å². The summed E-state index contributed by atoms with van der Waals surface area (Å²) in [5, 5.41) is 2.66. The number of carbonyl (C=O) groups excluding carboxylic acids is 2. The summed E-state index contributed by atoms with van der Waals surface area (Å²) in [6.07, 6.45) is 0. The third-order valence-electron chi connectivity index (χ3n) is 2.39. The first-order chi connectivity index (χ1) is 6.90. The van der Waals surface area contributed by atoms with Gasteiger partial charge in [-0.3, -0.25) is 9.59 Å². The second-order valence-electron chi connectivity index (χ2n) is 3.82. The Morgan fingerprint density at radius 1 is 1.33 bits per heavy atom. The molecule has 3 atom stereocenters.